The van der Waals surface area contributed by atoms with Crippen molar-refractivity contribution in [1.82, 2.24) is 20.6 Å². The van der Waals surface area contributed by atoms with Crippen LogP contribution in [0.5, 0.6) is 5.75 Å². The van der Waals surface area contributed by atoms with E-state index in [1.807, 2.05) is 11.4 Å². The number of benzene rings is 1. The van der Waals surface area contributed by atoms with Gasteiger partial charge in [-0.05, 0) is 54.1 Å². The highest BCUT2D eigenvalue weighted by Crippen LogP contribution is 2.42. The fraction of sp³-hybridized carbons (Fsp3) is 0.368. The van der Waals surface area contributed by atoms with E-state index in [4.69, 9.17) is 0 Å². The highest BCUT2D eigenvalue weighted by Gasteiger charge is 2.40. The fourth-order valence-electron chi connectivity index (χ4n) is 3.77. The fourth-order valence-corrected chi connectivity index (χ4v) is 4.62. The third-order valence-electron chi connectivity index (χ3n) is 5.23. The number of nitrogens with zero attached hydrogens (tertiary/aromatic N) is 3. The van der Waals surface area contributed by atoms with Gasteiger partial charge in [0.1, 0.15) is 5.75 Å². The first kappa shape index (κ1) is 17.7. The van der Waals surface area contributed by atoms with Crippen molar-refractivity contribution < 1.29 is 9.90 Å². The Kier molecular flexibility index (Phi) is 4.89. The smallest absolute Gasteiger partial charge is 0.231 e. The summed E-state index contributed by atoms with van der Waals surface area (Å²) >= 11 is 1.69. The molecule has 3 aromatic rings. The molecule has 2 heterocycles. The standard InChI is InChI=1S/C19H21N5O2S/c25-16-11-13(17-21-23-24-22-17)6-7-15(16)20-18(26)19(8-2-1-3-9-19)12-14-5-4-10-27-14/h4-7,10-11,25H,1-3,8-9,12H2,(H,20,26)(H,21,22,23,24). The molecule has 4 rings (SSSR count). The molecule has 27 heavy (non-hydrogen) atoms. The zero-order chi connectivity index (χ0) is 18.7. The Balaban J connectivity index is 1.55. The van der Waals surface area contributed by atoms with Crippen molar-refractivity contribution in [3.8, 4) is 17.1 Å². The average molecular weight is 383 g/mol. The molecular weight excluding hydrogens is 362 g/mol. The van der Waals surface area contributed by atoms with E-state index >= 15 is 0 Å². The minimum Gasteiger partial charge on any atom is -0.506 e. The summed E-state index contributed by atoms with van der Waals surface area (Å²) in [5, 5.41) is 29.1. The lowest BCUT2D eigenvalue weighted by Crippen LogP contribution is -2.39. The molecule has 0 aliphatic heterocycles. The molecular formula is C19H21N5O2S. The molecule has 0 spiro atoms. The van der Waals surface area contributed by atoms with Gasteiger partial charge in [-0.25, -0.2) is 0 Å². The van der Waals surface area contributed by atoms with E-state index in [0.29, 0.717) is 17.1 Å². The van der Waals surface area contributed by atoms with Crippen molar-refractivity contribution in [3.63, 3.8) is 0 Å². The van der Waals surface area contributed by atoms with Crippen LogP contribution in [0, 0.1) is 5.41 Å². The molecule has 1 saturated carbocycles. The molecule has 0 saturated heterocycles. The van der Waals surface area contributed by atoms with E-state index in [-0.39, 0.29) is 11.7 Å². The SMILES string of the molecule is O=C(Nc1ccc(-c2nn[nH]n2)cc1O)C1(Cc2cccs2)CCCCC1. The number of phenols is 1. The minimum absolute atomic E-state index is 0.00673. The van der Waals surface area contributed by atoms with Crippen LogP contribution < -0.4 is 5.32 Å². The summed E-state index contributed by atoms with van der Waals surface area (Å²) in [6, 6.07) is 9.09. The van der Waals surface area contributed by atoms with Gasteiger partial charge in [0, 0.05) is 10.4 Å². The maximum atomic E-state index is 13.2. The minimum atomic E-state index is -0.415. The molecule has 2 aromatic heterocycles. The third kappa shape index (κ3) is 3.71. The Labute approximate surface area is 160 Å². The molecule has 0 unspecified atom stereocenters. The van der Waals surface area contributed by atoms with Gasteiger partial charge in [-0.2, -0.15) is 5.21 Å². The van der Waals surface area contributed by atoms with Gasteiger partial charge in [0.15, 0.2) is 0 Å². The van der Waals surface area contributed by atoms with E-state index in [2.05, 4.69) is 32.0 Å². The first-order valence-electron chi connectivity index (χ1n) is 9.07. The Morgan fingerprint density at radius 3 is 2.78 bits per heavy atom. The van der Waals surface area contributed by atoms with Crippen LogP contribution in [0.15, 0.2) is 35.7 Å². The molecule has 0 bridgehead atoms. The first-order valence-corrected chi connectivity index (χ1v) is 9.95. The lowest BCUT2D eigenvalue weighted by atomic mass is 9.70. The highest BCUT2D eigenvalue weighted by atomic mass is 32.1. The number of aromatic amines is 1. The summed E-state index contributed by atoms with van der Waals surface area (Å²) < 4.78 is 0. The second-order valence-corrected chi connectivity index (χ2v) is 8.05. The molecule has 1 amide bonds. The number of hydrogen-bond donors (Lipinski definition) is 3. The van der Waals surface area contributed by atoms with Gasteiger partial charge < -0.3 is 10.4 Å². The predicted octanol–water partition coefficient (Wildman–Crippen LogP) is 3.77. The number of aromatic hydroxyl groups is 1. The van der Waals surface area contributed by atoms with Gasteiger partial charge >= 0.3 is 0 Å². The van der Waals surface area contributed by atoms with Crippen LogP contribution in [-0.4, -0.2) is 31.6 Å². The van der Waals surface area contributed by atoms with E-state index < -0.39 is 5.41 Å². The number of anilines is 1. The highest BCUT2D eigenvalue weighted by molar-refractivity contribution is 7.09. The number of carbonyl (C=O) groups is 1. The van der Waals surface area contributed by atoms with E-state index in [0.717, 1.165) is 32.1 Å². The van der Waals surface area contributed by atoms with Crippen LogP contribution in [0.3, 0.4) is 0 Å². The number of amides is 1. The van der Waals surface area contributed by atoms with Gasteiger partial charge in [-0.15, -0.1) is 21.5 Å². The summed E-state index contributed by atoms with van der Waals surface area (Å²) in [5.74, 6) is 0.371. The molecule has 1 aliphatic carbocycles. The summed E-state index contributed by atoms with van der Waals surface area (Å²) in [4.78, 5) is 14.4. The van der Waals surface area contributed by atoms with Crippen molar-refractivity contribution in [1.29, 1.82) is 0 Å². The summed E-state index contributed by atoms with van der Waals surface area (Å²) in [6.07, 6.45) is 5.78. The van der Waals surface area contributed by atoms with Crippen molar-refractivity contribution in [2.24, 2.45) is 5.41 Å². The number of thiophene rings is 1. The van der Waals surface area contributed by atoms with Crippen molar-refractivity contribution >= 4 is 22.9 Å². The van der Waals surface area contributed by atoms with E-state index in [9.17, 15) is 9.90 Å². The van der Waals surface area contributed by atoms with Gasteiger partial charge in [0.2, 0.25) is 11.7 Å². The molecule has 140 valence electrons. The number of carbonyl (C=O) groups excluding carboxylic acids is 1. The van der Waals surface area contributed by atoms with Crippen LogP contribution in [-0.2, 0) is 11.2 Å². The molecule has 1 aromatic carbocycles. The molecule has 0 radical (unpaired) electrons. The zero-order valence-electron chi connectivity index (χ0n) is 14.8. The molecule has 8 heteroatoms. The van der Waals surface area contributed by atoms with Crippen LogP contribution in [0.4, 0.5) is 5.69 Å². The van der Waals surface area contributed by atoms with Crippen LogP contribution in [0.1, 0.15) is 37.0 Å². The zero-order valence-corrected chi connectivity index (χ0v) is 15.6. The molecule has 0 atom stereocenters. The Bertz CT molecular complexity index is 902. The van der Waals surface area contributed by atoms with Crippen LogP contribution >= 0.6 is 11.3 Å². The second-order valence-electron chi connectivity index (χ2n) is 7.02. The Hall–Kier alpha value is -2.74. The number of nitrogens with one attached hydrogen (secondary N) is 2. The summed E-state index contributed by atoms with van der Waals surface area (Å²) in [7, 11) is 0. The van der Waals surface area contributed by atoms with Crippen LogP contribution in [0.2, 0.25) is 0 Å². The Morgan fingerprint density at radius 1 is 1.26 bits per heavy atom. The van der Waals surface area contributed by atoms with E-state index in [1.165, 1.54) is 17.4 Å². The van der Waals surface area contributed by atoms with Gasteiger partial charge in [0.25, 0.3) is 0 Å². The van der Waals surface area contributed by atoms with Gasteiger partial charge in [-0.3, -0.25) is 4.79 Å². The van der Waals surface area contributed by atoms with Crippen molar-refractivity contribution in [2.45, 2.75) is 38.5 Å². The number of aromatic nitrogens is 4. The largest absolute Gasteiger partial charge is 0.506 e. The molecule has 1 aliphatic rings. The number of rotatable bonds is 5. The average Bonchev–Trinajstić information content (AvgIpc) is 3.38. The summed E-state index contributed by atoms with van der Waals surface area (Å²) in [5.41, 5.74) is 0.621. The normalized spacial score (nSPS) is 16.1. The maximum absolute atomic E-state index is 13.2. The van der Waals surface area contributed by atoms with Gasteiger partial charge in [-0.1, -0.05) is 25.3 Å². The van der Waals surface area contributed by atoms with Crippen LogP contribution in [0.25, 0.3) is 11.4 Å². The number of phenolic OH excluding ortho intramolecular Hbond substituents is 1. The number of tetrazole rings is 1. The van der Waals surface area contributed by atoms with Crippen molar-refractivity contribution in [3.05, 3.63) is 40.6 Å². The second kappa shape index (κ2) is 7.48. The quantitative estimate of drug-likeness (QED) is 0.582. The number of H-pyrrole nitrogens is 1. The lowest BCUT2D eigenvalue weighted by molar-refractivity contribution is -0.127. The monoisotopic (exact) mass is 383 g/mol. The predicted molar refractivity (Wildman–Crippen MR) is 103 cm³/mol. The third-order valence-corrected chi connectivity index (χ3v) is 6.11. The summed E-state index contributed by atoms with van der Waals surface area (Å²) in [6.45, 7) is 0. The molecule has 3 N–H and O–H groups in total. The van der Waals surface area contributed by atoms with E-state index in [1.54, 1.807) is 23.5 Å². The lowest BCUT2D eigenvalue weighted by Gasteiger charge is -2.35. The number of hydrogen-bond acceptors (Lipinski definition) is 6. The molecule has 7 nitrogen and oxygen atoms in total. The van der Waals surface area contributed by atoms with Crippen molar-refractivity contribution in [2.75, 3.05) is 5.32 Å². The van der Waals surface area contributed by atoms with Gasteiger partial charge in [0.05, 0.1) is 11.1 Å². The topological polar surface area (TPSA) is 104 Å². The first-order chi connectivity index (χ1) is 13.2. The maximum Gasteiger partial charge on any atom is 0.231 e. The Morgan fingerprint density at radius 2 is 2.11 bits per heavy atom. The molecule has 1 fully saturated rings.